The van der Waals surface area contributed by atoms with Crippen LogP contribution in [0.3, 0.4) is 0 Å². The van der Waals surface area contributed by atoms with Gasteiger partial charge in [-0.2, -0.15) is 11.8 Å². The number of carboxylic acids is 1. The van der Waals surface area contributed by atoms with Gasteiger partial charge in [-0.3, -0.25) is 4.79 Å². The maximum absolute atomic E-state index is 11.0. The van der Waals surface area contributed by atoms with E-state index in [1.165, 1.54) is 0 Å². The van der Waals surface area contributed by atoms with Crippen LogP contribution in [0.1, 0.15) is 25.7 Å². The second kappa shape index (κ2) is 4.95. The standard InChI is InChI=1S/C10H15NO4S/c12-9(13)3-1-2-6-4-8-7(5-16-6)11-10(14)15-8/h6-8H,1-5H2,(H,11,14)(H,12,13)/t6-,7?,8+/m0/s1. The Morgan fingerprint density at radius 3 is 3.19 bits per heavy atom. The zero-order chi connectivity index (χ0) is 11.5. The molecule has 6 heteroatoms. The van der Waals surface area contributed by atoms with Crippen molar-refractivity contribution in [2.45, 2.75) is 43.1 Å². The van der Waals surface area contributed by atoms with Gasteiger partial charge in [-0.05, 0) is 19.3 Å². The molecule has 1 unspecified atom stereocenters. The lowest BCUT2D eigenvalue weighted by Gasteiger charge is -2.28. The fourth-order valence-electron chi connectivity index (χ4n) is 2.11. The van der Waals surface area contributed by atoms with Crippen molar-refractivity contribution in [3.05, 3.63) is 0 Å². The van der Waals surface area contributed by atoms with Crippen molar-refractivity contribution in [1.82, 2.24) is 5.32 Å². The van der Waals surface area contributed by atoms with Crippen molar-refractivity contribution in [2.75, 3.05) is 5.75 Å². The van der Waals surface area contributed by atoms with Crippen LogP contribution in [0.25, 0.3) is 0 Å². The molecule has 2 aliphatic rings. The fraction of sp³-hybridized carbons (Fsp3) is 0.800. The largest absolute Gasteiger partial charge is 0.481 e. The molecule has 0 aliphatic carbocycles. The van der Waals surface area contributed by atoms with Gasteiger partial charge in [-0.15, -0.1) is 0 Å². The highest BCUT2D eigenvalue weighted by atomic mass is 32.2. The zero-order valence-electron chi connectivity index (χ0n) is 8.85. The second-order valence-electron chi connectivity index (χ2n) is 4.17. The highest BCUT2D eigenvalue weighted by Gasteiger charge is 2.39. The number of amides is 1. The van der Waals surface area contributed by atoms with Crippen LogP contribution in [0.2, 0.25) is 0 Å². The minimum Gasteiger partial charge on any atom is -0.481 e. The van der Waals surface area contributed by atoms with E-state index in [2.05, 4.69) is 5.32 Å². The number of nitrogens with one attached hydrogen (secondary N) is 1. The van der Waals surface area contributed by atoms with E-state index in [1.807, 2.05) is 0 Å². The van der Waals surface area contributed by atoms with Gasteiger partial charge < -0.3 is 15.2 Å². The Balaban J connectivity index is 1.73. The normalized spacial score (nSPS) is 32.8. The van der Waals surface area contributed by atoms with Crippen molar-refractivity contribution in [1.29, 1.82) is 0 Å². The van der Waals surface area contributed by atoms with Crippen molar-refractivity contribution < 1.29 is 19.4 Å². The third-order valence-electron chi connectivity index (χ3n) is 2.93. The number of ether oxygens (including phenoxy) is 1. The Bertz CT molecular complexity index is 297. The molecule has 0 saturated carbocycles. The summed E-state index contributed by atoms with van der Waals surface area (Å²) < 4.78 is 5.14. The molecule has 0 aromatic carbocycles. The van der Waals surface area contributed by atoms with Crippen LogP contribution in [-0.2, 0) is 9.53 Å². The lowest BCUT2D eigenvalue weighted by atomic mass is 10.0. The predicted molar refractivity (Wildman–Crippen MR) is 59.5 cm³/mol. The van der Waals surface area contributed by atoms with Crippen LogP contribution >= 0.6 is 11.8 Å². The van der Waals surface area contributed by atoms with E-state index >= 15 is 0 Å². The van der Waals surface area contributed by atoms with Crippen LogP contribution in [0, 0.1) is 0 Å². The van der Waals surface area contributed by atoms with E-state index in [0.717, 1.165) is 18.6 Å². The highest BCUT2D eigenvalue weighted by Crippen LogP contribution is 2.33. The molecule has 5 nitrogen and oxygen atoms in total. The van der Waals surface area contributed by atoms with Crippen LogP contribution in [-0.4, -0.2) is 40.3 Å². The van der Waals surface area contributed by atoms with Crippen LogP contribution in [0.15, 0.2) is 0 Å². The minimum atomic E-state index is -0.743. The number of hydrogen-bond acceptors (Lipinski definition) is 4. The van der Waals surface area contributed by atoms with Crippen molar-refractivity contribution in [3.63, 3.8) is 0 Å². The number of fused-ring (bicyclic) bond motifs is 1. The summed E-state index contributed by atoms with van der Waals surface area (Å²) in [5, 5.41) is 11.7. The summed E-state index contributed by atoms with van der Waals surface area (Å²) in [6, 6.07) is 0.147. The summed E-state index contributed by atoms with van der Waals surface area (Å²) in [6.45, 7) is 0. The average molecular weight is 245 g/mol. The molecular formula is C10H15NO4S. The first-order chi connectivity index (χ1) is 7.65. The van der Waals surface area contributed by atoms with Crippen molar-refractivity contribution >= 4 is 23.8 Å². The lowest BCUT2D eigenvalue weighted by molar-refractivity contribution is -0.137. The summed E-state index contributed by atoms with van der Waals surface area (Å²) in [5.74, 6) is 0.126. The van der Waals surface area contributed by atoms with E-state index in [1.54, 1.807) is 11.8 Å². The van der Waals surface area contributed by atoms with Gasteiger partial charge in [0.05, 0.1) is 6.04 Å². The number of thioether (sulfide) groups is 1. The zero-order valence-corrected chi connectivity index (χ0v) is 9.66. The predicted octanol–water partition coefficient (Wildman–Crippen LogP) is 1.22. The van der Waals surface area contributed by atoms with Crippen molar-refractivity contribution in [2.24, 2.45) is 0 Å². The van der Waals surface area contributed by atoms with E-state index in [-0.39, 0.29) is 24.7 Å². The lowest BCUT2D eigenvalue weighted by Crippen LogP contribution is -2.39. The number of carbonyl (C=O) groups excluding carboxylic acids is 1. The number of aliphatic carboxylic acids is 1. The quantitative estimate of drug-likeness (QED) is 0.779. The molecule has 0 radical (unpaired) electrons. The third-order valence-corrected chi connectivity index (χ3v) is 4.38. The topological polar surface area (TPSA) is 75.6 Å². The van der Waals surface area contributed by atoms with Crippen molar-refractivity contribution in [3.8, 4) is 0 Å². The van der Waals surface area contributed by atoms with E-state index < -0.39 is 5.97 Å². The molecule has 16 heavy (non-hydrogen) atoms. The number of hydrogen-bond donors (Lipinski definition) is 2. The molecule has 3 atom stereocenters. The molecule has 2 aliphatic heterocycles. The number of rotatable bonds is 4. The molecule has 0 bridgehead atoms. The van der Waals surface area contributed by atoms with E-state index in [0.29, 0.717) is 11.7 Å². The van der Waals surface area contributed by atoms with Gasteiger partial charge in [-0.25, -0.2) is 4.79 Å². The minimum absolute atomic E-state index is 0.0106. The molecule has 2 rings (SSSR count). The third kappa shape index (κ3) is 2.81. The van der Waals surface area contributed by atoms with Gasteiger partial charge >= 0.3 is 12.1 Å². The SMILES string of the molecule is O=C(O)CCC[C@H]1C[C@H]2OC(=O)NC2CS1. The molecule has 90 valence electrons. The summed E-state index contributed by atoms with van der Waals surface area (Å²) in [7, 11) is 0. The van der Waals surface area contributed by atoms with Gasteiger partial charge in [-0.1, -0.05) is 0 Å². The second-order valence-corrected chi connectivity index (χ2v) is 5.50. The monoisotopic (exact) mass is 245 g/mol. The molecule has 1 amide bonds. The van der Waals surface area contributed by atoms with Gasteiger partial charge in [0.2, 0.25) is 0 Å². The van der Waals surface area contributed by atoms with Gasteiger partial charge in [0.15, 0.2) is 0 Å². The Hall–Kier alpha value is -0.910. The first-order valence-electron chi connectivity index (χ1n) is 5.45. The summed E-state index contributed by atoms with van der Waals surface area (Å²) in [5.41, 5.74) is 0. The first kappa shape index (κ1) is 11.6. The number of alkyl carbamates (subject to hydrolysis) is 1. The fourth-order valence-corrected chi connectivity index (χ4v) is 3.54. The summed E-state index contributed by atoms with van der Waals surface area (Å²) in [4.78, 5) is 21.4. The highest BCUT2D eigenvalue weighted by molar-refractivity contribution is 8.00. The van der Waals surface area contributed by atoms with E-state index in [9.17, 15) is 9.59 Å². The molecule has 2 heterocycles. The summed E-state index contributed by atoms with van der Waals surface area (Å²) >= 11 is 1.81. The number of carboxylic acid groups (broad SMARTS) is 1. The van der Waals surface area contributed by atoms with Crippen LogP contribution in [0.4, 0.5) is 4.79 Å². The molecule has 0 aromatic heterocycles. The van der Waals surface area contributed by atoms with Crippen LogP contribution < -0.4 is 5.32 Å². The summed E-state index contributed by atoms with van der Waals surface area (Å²) in [6.07, 6.45) is 2.32. The maximum atomic E-state index is 11.0. The molecule has 0 spiro atoms. The van der Waals surface area contributed by atoms with Gasteiger partial charge in [0.1, 0.15) is 6.10 Å². The Morgan fingerprint density at radius 1 is 1.62 bits per heavy atom. The Kier molecular flexibility index (Phi) is 3.58. The van der Waals surface area contributed by atoms with Crippen LogP contribution in [0.5, 0.6) is 0 Å². The Morgan fingerprint density at radius 2 is 2.44 bits per heavy atom. The number of carbonyl (C=O) groups is 2. The molecule has 2 saturated heterocycles. The molecule has 2 fully saturated rings. The maximum Gasteiger partial charge on any atom is 0.407 e. The van der Waals surface area contributed by atoms with Gasteiger partial charge in [0.25, 0.3) is 0 Å². The van der Waals surface area contributed by atoms with Gasteiger partial charge in [0, 0.05) is 17.4 Å². The Labute approximate surface area is 97.9 Å². The average Bonchev–Trinajstić information content (AvgIpc) is 2.56. The smallest absolute Gasteiger partial charge is 0.407 e. The first-order valence-corrected chi connectivity index (χ1v) is 6.50. The molecular weight excluding hydrogens is 230 g/mol. The molecule has 0 aromatic rings. The van der Waals surface area contributed by atoms with E-state index in [4.69, 9.17) is 9.84 Å². The molecule has 2 N–H and O–H groups in total.